The molecule has 0 heterocycles. The number of carbonyl (C=O) groups is 1. The summed E-state index contributed by atoms with van der Waals surface area (Å²) in [6, 6.07) is 12.9. The monoisotopic (exact) mass is 416 g/mol. The van der Waals surface area contributed by atoms with Gasteiger partial charge in [-0.25, -0.2) is 8.42 Å². The van der Waals surface area contributed by atoms with E-state index in [2.05, 4.69) is 11.9 Å². The first-order valence-corrected chi connectivity index (χ1v) is 10.8. The topological polar surface area (TPSA) is 75.7 Å². The summed E-state index contributed by atoms with van der Waals surface area (Å²) < 4.78 is 33.3. The molecule has 0 saturated carbocycles. The molecule has 1 N–H and O–H groups in total. The van der Waals surface area contributed by atoms with Gasteiger partial charge in [-0.3, -0.25) is 9.10 Å². The molecule has 0 fully saturated rings. The lowest BCUT2D eigenvalue weighted by Crippen LogP contribution is -2.42. The van der Waals surface area contributed by atoms with Gasteiger partial charge in [-0.15, -0.1) is 6.58 Å². The third kappa shape index (κ3) is 5.17. The number of hydrogen-bond acceptors (Lipinski definition) is 4. The zero-order valence-electron chi connectivity index (χ0n) is 17.3. The predicted octanol–water partition coefficient (Wildman–Crippen LogP) is 3.99. The highest BCUT2D eigenvalue weighted by atomic mass is 32.2. The number of para-hydroxylation sites is 2. The Bertz CT molecular complexity index is 984. The van der Waals surface area contributed by atoms with Crippen LogP contribution < -0.4 is 14.4 Å². The van der Waals surface area contributed by atoms with Crippen molar-refractivity contribution in [3.05, 3.63) is 66.7 Å². The van der Waals surface area contributed by atoms with Crippen LogP contribution in [-0.4, -0.2) is 33.5 Å². The number of hydrogen-bond donors (Lipinski definition) is 1. The molecule has 0 aliphatic rings. The average Bonchev–Trinajstić information content (AvgIpc) is 2.71. The highest BCUT2D eigenvalue weighted by Gasteiger charge is 2.27. The maximum atomic E-state index is 13.4. The van der Waals surface area contributed by atoms with Gasteiger partial charge in [-0.05, 0) is 50.6 Å². The van der Waals surface area contributed by atoms with E-state index in [1.54, 1.807) is 36.4 Å². The van der Waals surface area contributed by atoms with E-state index < -0.39 is 15.6 Å². The summed E-state index contributed by atoms with van der Waals surface area (Å²) >= 11 is 0. The Morgan fingerprint density at radius 2 is 1.90 bits per heavy atom. The molecule has 0 spiro atoms. The zero-order chi connectivity index (χ0) is 21.7. The van der Waals surface area contributed by atoms with E-state index in [1.807, 2.05) is 20.8 Å². The van der Waals surface area contributed by atoms with Gasteiger partial charge in [0, 0.05) is 11.1 Å². The highest BCUT2D eigenvalue weighted by molar-refractivity contribution is 7.92. The SMILES string of the molecule is C=CCN(c1ccccc1OC)S(=O)(=O)c1cccc(C(=O)NC(C)(C)CC)c1. The summed E-state index contributed by atoms with van der Waals surface area (Å²) in [7, 11) is -2.47. The second kappa shape index (κ2) is 9.13. The first kappa shape index (κ1) is 22.5. The van der Waals surface area contributed by atoms with Gasteiger partial charge in [0.15, 0.2) is 0 Å². The minimum atomic E-state index is -3.95. The molecule has 2 rings (SSSR count). The molecule has 0 radical (unpaired) electrons. The van der Waals surface area contributed by atoms with E-state index in [9.17, 15) is 13.2 Å². The van der Waals surface area contributed by atoms with Crippen LogP contribution in [0.15, 0.2) is 66.1 Å². The second-order valence-corrected chi connectivity index (χ2v) is 9.08. The van der Waals surface area contributed by atoms with E-state index in [4.69, 9.17) is 4.74 Å². The number of sulfonamides is 1. The number of amides is 1. The summed E-state index contributed by atoms with van der Waals surface area (Å²) in [5.41, 5.74) is 0.293. The van der Waals surface area contributed by atoms with Crippen molar-refractivity contribution in [1.29, 1.82) is 0 Å². The van der Waals surface area contributed by atoms with E-state index in [0.29, 0.717) is 11.4 Å². The van der Waals surface area contributed by atoms with Gasteiger partial charge >= 0.3 is 0 Å². The fourth-order valence-corrected chi connectivity index (χ4v) is 4.16. The summed E-state index contributed by atoms with van der Waals surface area (Å²) in [5, 5.41) is 2.92. The molecule has 6 nitrogen and oxygen atoms in total. The van der Waals surface area contributed by atoms with Crippen molar-refractivity contribution in [3.8, 4) is 5.75 Å². The van der Waals surface area contributed by atoms with Gasteiger partial charge in [0.1, 0.15) is 5.75 Å². The van der Waals surface area contributed by atoms with Crippen LogP contribution in [0.4, 0.5) is 5.69 Å². The summed E-state index contributed by atoms with van der Waals surface area (Å²) in [6.45, 7) is 9.54. The van der Waals surface area contributed by atoms with E-state index in [0.717, 1.165) is 6.42 Å². The molecule has 0 aliphatic carbocycles. The lowest BCUT2D eigenvalue weighted by Gasteiger charge is -2.26. The molecule has 0 atom stereocenters. The molecule has 29 heavy (non-hydrogen) atoms. The fourth-order valence-electron chi connectivity index (χ4n) is 2.67. The van der Waals surface area contributed by atoms with E-state index in [1.165, 1.54) is 29.6 Å². The Morgan fingerprint density at radius 1 is 1.21 bits per heavy atom. The Morgan fingerprint density at radius 3 is 2.52 bits per heavy atom. The Balaban J connectivity index is 2.48. The maximum absolute atomic E-state index is 13.4. The lowest BCUT2D eigenvalue weighted by molar-refractivity contribution is 0.0911. The largest absolute Gasteiger partial charge is 0.495 e. The van der Waals surface area contributed by atoms with Gasteiger partial charge < -0.3 is 10.1 Å². The van der Waals surface area contributed by atoms with Crippen LogP contribution in [0.5, 0.6) is 5.75 Å². The third-order valence-electron chi connectivity index (χ3n) is 4.67. The van der Waals surface area contributed by atoms with E-state index in [-0.39, 0.29) is 22.9 Å². The van der Waals surface area contributed by atoms with Crippen molar-refractivity contribution < 1.29 is 17.9 Å². The van der Waals surface area contributed by atoms with Crippen molar-refractivity contribution in [2.45, 2.75) is 37.6 Å². The van der Waals surface area contributed by atoms with Gasteiger partial charge in [-0.1, -0.05) is 31.2 Å². The minimum Gasteiger partial charge on any atom is -0.495 e. The number of anilines is 1. The molecule has 0 unspecified atom stereocenters. The van der Waals surface area contributed by atoms with Gasteiger partial charge in [0.05, 0.1) is 24.2 Å². The first-order valence-electron chi connectivity index (χ1n) is 9.35. The fraction of sp³-hybridized carbons (Fsp3) is 0.318. The molecule has 2 aromatic rings. The van der Waals surface area contributed by atoms with Crippen LogP contribution in [-0.2, 0) is 10.0 Å². The summed E-state index contributed by atoms with van der Waals surface area (Å²) in [6.07, 6.45) is 2.25. The molecular formula is C22H28N2O4S. The molecule has 7 heteroatoms. The smallest absolute Gasteiger partial charge is 0.264 e. The van der Waals surface area contributed by atoms with Gasteiger partial charge in [-0.2, -0.15) is 0 Å². The number of nitrogens with one attached hydrogen (secondary N) is 1. The molecule has 0 bridgehead atoms. The lowest BCUT2D eigenvalue weighted by atomic mass is 10.0. The first-order chi connectivity index (χ1) is 13.7. The van der Waals surface area contributed by atoms with Crippen LogP contribution in [0.3, 0.4) is 0 Å². The van der Waals surface area contributed by atoms with Crippen LogP contribution in [0.2, 0.25) is 0 Å². The highest BCUT2D eigenvalue weighted by Crippen LogP contribution is 2.32. The minimum absolute atomic E-state index is 0.0206. The molecule has 2 aromatic carbocycles. The Labute approximate surface area is 173 Å². The molecule has 156 valence electrons. The van der Waals surface area contributed by atoms with Gasteiger partial charge in [0.25, 0.3) is 15.9 Å². The van der Waals surface area contributed by atoms with Crippen LogP contribution >= 0.6 is 0 Å². The normalized spacial score (nSPS) is 11.6. The Hall–Kier alpha value is -2.80. The number of rotatable bonds is 9. The number of carbonyl (C=O) groups excluding carboxylic acids is 1. The van der Waals surface area contributed by atoms with Crippen molar-refractivity contribution in [3.63, 3.8) is 0 Å². The molecule has 1 amide bonds. The number of methoxy groups -OCH3 is 1. The Kier molecular flexibility index (Phi) is 7.08. The maximum Gasteiger partial charge on any atom is 0.264 e. The van der Waals surface area contributed by atoms with Gasteiger partial charge in [0.2, 0.25) is 0 Å². The number of ether oxygens (including phenoxy) is 1. The van der Waals surface area contributed by atoms with Crippen LogP contribution in [0.1, 0.15) is 37.6 Å². The number of nitrogens with zero attached hydrogens (tertiary/aromatic N) is 1. The third-order valence-corrected chi connectivity index (χ3v) is 6.44. The molecule has 0 aliphatic heterocycles. The van der Waals surface area contributed by atoms with Crippen molar-refractivity contribution >= 4 is 21.6 Å². The molecular weight excluding hydrogens is 388 g/mol. The van der Waals surface area contributed by atoms with Crippen LogP contribution in [0, 0.1) is 0 Å². The zero-order valence-corrected chi connectivity index (χ0v) is 18.1. The summed E-state index contributed by atoms with van der Waals surface area (Å²) in [4.78, 5) is 12.6. The average molecular weight is 417 g/mol. The van der Waals surface area contributed by atoms with Crippen molar-refractivity contribution in [1.82, 2.24) is 5.32 Å². The van der Waals surface area contributed by atoms with Crippen molar-refractivity contribution in [2.75, 3.05) is 18.0 Å². The second-order valence-electron chi connectivity index (χ2n) is 7.22. The molecule has 0 aromatic heterocycles. The van der Waals surface area contributed by atoms with Crippen LogP contribution in [0.25, 0.3) is 0 Å². The van der Waals surface area contributed by atoms with Crippen molar-refractivity contribution in [2.24, 2.45) is 0 Å². The summed E-state index contributed by atoms with van der Waals surface area (Å²) in [5.74, 6) is 0.109. The molecule has 0 saturated heterocycles. The number of benzene rings is 2. The van der Waals surface area contributed by atoms with E-state index >= 15 is 0 Å². The predicted molar refractivity (Wildman–Crippen MR) is 116 cm³/mol. The standard InChI is InChI=1S/C22H28N2O4S/c1-6-15-24(19-13-8-9-14-20(19)28-5)29(26,27)18-12-10-11-17(16-18)21(25)23-22(3,4)7-2/h6,8-14,16H,1,7,15H2,2-5H3,(H,23,25). The quantitative estimate of drug-likeness (QED) is 0.627.